The Morgan fingerprint density at radius 1 is 1.38 bits per heavy atom. The summed E-state index contributed by atoms with van der Waals surface area (Å²) < 4.78 is 6.94. The molecule has 8 nitrogen and oxygen atoms in total. The topological polar surface area (TPSA) is 88.5 Å². The summed E-state index contributed by atoms with van der Waals surface area (Å²) >= 11 is 0. The van der Waals surface area contributed by atoms with E-state index in [4.69, 9.17) is 4.74 Å². The Balaban J connectivity index is 1.90. The molecule has 26 heavy (non-hydrogen) atoms. The van der Waals surface area contributed by atoms with Gasteiger partial charge in [0.1, 0.15) is 5.82 Å². The molecule has 8 heteroatoms. The first-order valence-corrected chi connectivity index (χ1v) is 9.21. The van der Waals surface area contributed by atoms with E-state index in [-0.39, 0.29) is 30.2 Å². The summed E-state index contributed by atoms with van der Waals surface area (Å²) in [6.45, 7) is 2.26. The van der Waals surface area contributed by atoms with E-state index in [0.29, 0.717) is 26.2 Å². The van der Waals surface area contributed by atoms with Gasteiger partial charge in [0, 0.05) is 65.1 Å². The summed E-state index contributed by atoms with van der Waals surface area (Å²) in [4.78, 5) is 30.9. The van der Waals surface area contributed by atoms with Crippen molar-refractivity contribution in [2.45, 2.75) is 38.3 Å². The average Bonchev–Trinajstić information content (AvgIpc) is 3.04. The number of carbonyl (C=O) groups excluding carboxylic acids is 2. The predicted octanol–water partition coefficient (Wildman–Crippen LogP) is 0.290. The van der Waals surface area contributed by atoms with Crippen LogP contribution in [-0.4, -0.2) is 66.2 Å². The van der Waals surface area contributed by atoms with Crippen molar-refractivity contribution in [1.29, 1.82) is 0 Å². The Morgan fingerprint density at radius 3 is 2.88 bits per heavy atom. The van der Waals surface area contributed by atoms with Crippen LogP contribution in [0.1, 0.15) is 31.5 Å². The quantitative estimate of drug-likeness (QED) is 0.678. The number of aromatic nitrogens is 2. The number of imidazole rings is 1. The van der Waals surface area contributed by atoms with Crippen molar-refractivity contribution in [3.8, 4) is 0 Å². The molecule has 0 aliphatic carbocycles. The fourth-order valence-corrected chi connectivity index (χ4v) is 3.22. The molecule has 2 amide bonds. The summed E-state index contributed by atoms with van der Waals surface area (Å²) in [7, 11) is 5.38. The molecule has 2 rings (SSSR count). The van der Waals surface area contributed by atoms with E-state index >= 15 is 0 Å². The van der Waals surface area contributed by atoms with Crippen molar-refractivity contribution in [1.82, 2.24) is 25.1 Å². The van der Waals surface area contributed by atoms with Crippen molar-refractivity contribution in [2.75, 3.05) is 33.9 Å². The van der Waals surface area contributed by atoms with Gasteiger partial charge < -0.3 is 24.8 Å². The van der Waals surface area contributed by atoms with Gasteiger partial charge in [-0.15, -0.1) is 0 Å². The van der Waals surface area contributed by atoms with Gasteiger partial charge >= 0.3 is 0 Å². The number of hydrogen-bond acceptors (Lipinski definition) is 5. The third kappa shape index (κ3) is 6.10. The van der Waals surface area contributed by atoms with Crippen LogP contribution in [-0.2, 0) is 27.9 Å². The van der Waals surface area contributed by atoms with Crippen LogP contribution in [0.4, 0.5) is 0 Å². The molecule has 1 aromatic rings. The van der Waals surface area contributed by atoms with Crippen LogP contribution in [0.15, 0.2) is 12.4 Å². The highest BCUT2D eigenvalue weighted by molar-refractivity contribution is 5.85. The minimum Gasteiger partial charge on any atom is -0.383 e. The van der Waals surface area contributed by atoms with Gasteiger partial charge in [-0.3, -0.25) is 9.59 Å². The Labute approximate surface area is 155 Å². The summed E-state index contributed by atoms with van der Waals surface area (Å²) in [5.41, 5.74) is 0. The first kappa shape index (κ1) is 20.4. The van der Waals surface area contributed by atoms with Gasteiger partial charge in [0.2, 0.25) is 11.8 Å². The van der Waals surface area contributed by atoms with E-state index in [1.807, 2.05) is 24.9 Å². The molecule has 1 saturated heterocycles. The molecular formula is C18H31N5O3. The Hall–Kier alpha value is -1.93. The molecule has 2 N–H and O–H groups in total. The lowest BCUT2D eigenvalue weighted by Crippen LogP contribution is -2.42. The average molecular weight is 365 g/mol. The van der Waals surface area contributed by atoms with E-state index in [1.54, 1.807) is 18.2 Å². The first-order valence-electron chi connectivity index (χ1n) is 9.21. The number of amides is 2. The molecule has 2 heterocycles. The smallest absolute Gasteiger partial charge is 0.223 e. The largest absolute Gasteiger partial charge is 0.383 e. The van der Waals surface area contributed by atoms with E-state index in [9.17, 15) is 9.59 Å². The molecule has 1 fully saturated rings. The number of carbonyl (C=O) groups is 2. The fourth-order valence-electron chi connectivity index (χ4n) is 3.22. The molecule has 0 saturated carbocycles. The fraction of sp³-hybridized carbons (Fsp3) is 0.722. The summed E-state index contributed by atoms with van der Waals surface area (Å²) in [5, 5.41) is 6.36. The van der Waals surface area contributed by atoms with E-state index in [2.05, 4.69) is 15.6 Å². The van der Waals surface area contributed by atoms with Crippen molar-refractivity contribution >= 4 is 11.8 Å². The van der Waals surface area contributed by atoms with Crippen molar-refractivity contribution < 1.29 is 14.3 Å². The molecular weight excluding hydrogens is 334 g/mol. The second kappa shape index (κ2) is 10.3. The second-order valence-corrected chi connectivity index (χ2v) is 6.92. The maximum Gasteiger partial charge on any atom is 0.223 e. The van der Waals surface area contributed by atoms with Gasteiger partial charge in [-0.2, -0.15) is 0 Å². The van der Waals surface area contributed by atoms with Crippen molar-refractivity contribution in [3.63, 3.8) is 0 Å². The number of hydrogen-bond donors (Lipinski definition) is 2. The number of ether oxygens (including phenoxy) is 1. The van der Waals surface area contributed by atoms with Gasteiger partial charge in [-0.25, -0.2) is 4.98 Å². The molecule has 2 atom stereocenters. The van der Waals surface area contributed by atoms with Crippen LogP contribution in [0.5, 0.6) is 0 Å². The van der Waals surface area contributed by atoms with E-state index in [0.717, 1.165) is 25.1 Å². The third-order valence-electron chi connectivity index (χ3n) is 4.89. The van der Waals surface area contributed by atoms with Crippen LogP contribution in [0.3, 0.4) is 0 Å². The number of likely N-dealkylation sites (N-methyl/N-ethyl adjacent to an activating group) is 1. The van der Waals surface area contributed by atoms with Crippen LogP contribution in [0.25, 0.3) is 0 Å². The first-order chi connectivity index (χ1) is 12.5. The van der Waals surface area contributed by atoms with Crippen LogP contribution in [0, 0.1) is 5.92 Å². The zero-order valence-electron chi connectivity index (χ0n) is 16.0. The SMILES string of the molecule is COCCNC(=O)[C@@H]1CCC[C@@H](NCc2nccn2C)CN(C)C(=O)C1. The number of rotatable bonds is 7. The monoisotopic (exact) mass is 365 g/mol. The highest BCUT2D eigenvalue weighted by Gasteiger charge is 2.26. The zero-order valence-corrected chi connectivity index (χ0v) is 16.0. The molecule has 0 spiro atoms. The molecule has 1 aliphatic rings. The molecule has 1 aliphatic heterocycles. The van der Waals surface area contributed by atoms with E-state index < -0.39 is 0 Å². The Bertz CT molecular complexity index is 589. The molecule has 146 valence electrons. The van der Waals surface area contributed by atoms with Crippen molar-refractivity contribution in [2.24, 2.45) is 13.0 Å². The van der Waals surface area contributed by atoms with Crippen LogP contribution in [0.2, 0.25) is 0 Å². The number of nitrogens with zero attached hydrogens (tertiary/aromatic N) is 3. The lowest BCUT2D eigenvalue weighted by Gasteiger charge is -2.24. The van der Waals surface area contributed by atoms with E-state index in [1.165, 1.54) is 0 Å². The number of nitrogens with one attached hydrogen (secondary N) is 2. The predicted molar refractivity (Wildman–Crippen MR) is 98.3 cm³/mol. The second-order valence-electron chi connectivity index (χ2n) is 6.92. The zero-order chi connectivity index (χ0) is 18.9. The molecule has 0 radical (unpaired) electrons. The Morgan fingerprint density at radius 2 is 2.19 bits per heavy atom. The van der Waals surface area contributed by atoms with Crippen molar-refractivity contribution in [3.05, 3.63) is 18.2 Å². The lowest BCUT2D eigenvalue weighted by atomic mass is 9.96. The minimum absolute atomic E-state index is 0.0163. The van der Waals surface area contributed by atoms with Gasteiger partial charge in [0.15, 0.2) is 0 Å². The molecule has 0 bridgehead atoms. The molecule has 1 aromatic heterocycles. The summed E-state index contributed by atoms with van der Waals surface area (Å²) in [5.74, 6) is 0.662. The standard InChI is InChI=1S/C18H31N5O3/c1-22-9-7-19-16(22)12-21-15-6-4-5-14(11-17(24)23(2)13-15)18(25)20-8-10-26-3/h7,9,14-15,21H,4-6,8,10-13H2,1-3H3,(H,20,25)/t14-,15-/m1/s1. The maximum atomic E-state index is 12.5. The number of methoxy groups -OCH3 is 1. The lowest BCUT2D eigenvalue weighted by molar-refractivity contribution is -0.135. The van der Waals surface area contributed by atoms with Crippen LogP contribution >= 0.6 is 0 Å². The number of aryl methyl sites for hydroxylation is 1. The van der Waals surface area contributed by atoms with Crippen LogP contribution < -0.4 is 10.6 Å². The highest BCUT2D eigenvalue weighted by Crippen LogP contribution is 2.19. The van der Waals surface area contributed by atoms with Gasteiger partial charge in [0.05, 0.1) is 13.2 Å². The highest BCUT2D eigenvalue weighted by atomic mass is 16.5. The normalized spacial score (nSPS) is 21.8. The van der Waals surface area contributed by atoms with Gasteiger partial charge in [-0.05, 0) is 12.8 Å². The third-order valence-corrected chi connectivity index (χ3v) is 4.89. The van der Waals surface area contributed by atoms with Gasteiger partial charge in [-0.1, -0.05) is 6.42 Å². The minimum atomic E-state index is -0.268. The maximum absolute atomic E-state index is 12.5. The Kier molecular flexibility index (Phi) is 8.06. The molecule has 0 aromatic carbocycles. The van der Waals surface area contributed by atoms with Gasteiger partial charge in [0.25, 0.3) is 0 Å². The summed E-state index contributed by atoms with van der Waals surface area (Å²) in [6, 6.07) is 0.191. The molecule has 0 unspecified atom stereocenters. The summed E-state index contributed by atoms with van der Waals surface area (Å²) in [6.07, 6.45) is 6.51.